The first-order valence-corrected chi connectivity index (χ1v) is 6.98. The zero-order valence-corrected chi connectivity index (χ0v) is 10.1. The Morgan fingerprint density at radius 1 is 1.38 bits per heavy atom. The Morgan fingerprint density at radius 3 is 2.46 bits per heavy atom. The standard InChI is InChI=1S/C10H16OS2/c1-7-4-5-8(9(11)6-7)10(12-2)13-3/h7H,4-6H2,1-3H3/i1+1. The first-order valence-electron chi connectivity index (χ1n) is 4.53. The highest BCUT2D eigenvalue weighted by Crippen LogP contribution is 2.35. The van der Waals surface area contributed by atoms with Crippen molar-refractivity contribution in [1.29, 1.82) is 0 Å². The highest BCUT2D eigenvalue weighted by atomic mass is 32.2. The molecule has 1 saturated carbocycles. The van der Waals surface area contributed by atoms with Crippen LogP contribution >= 0.6 is 23.5 Å². The molecule has 3 heteroatoms. The number of allylic oxidation sites excluding steroid dienone is 1. The molecule has 0 aromatic rings. The van der Waals surface area contributed by atoms with E-state index < -0.39 is 0 Å². The number of hydrogen-bond acceptors (Lipinski definition) is 3. The summed E-state index contributed by atoms with van der Waals surface area (Å²) >= 11 is 3.41. The van der Waals surface area contributed by atoms with E-state index in [1.165, 1.54) is 10.7 Å². The number of thioether (sulfide) groups is 2. The van der Waals surface area contributed by atoms with Gasteiger partial charge in [-0.2, -0.15) is 0 Å². The zero-order chi connectivity index (χ0) is 9.84. The number of carbonyl (C=O) groups is 1. The average Bonchev–Trinajstić information content (AvgIpc) is 2.10. The van der Waals surface area contributed by atoms with Gasteiger partial charge in [-0.05, 0) is 31.3 Å². The van der Waals surface area contributed by atoms with Crippen LogP contribution < -0.4 is 0 Å². The van der Waals surface area contributed by atoms with Crippen LogP contribution in [0.1, 0.15) is 26.2 Å². The Hall–Kier alpha value is 0.110. The van der Waals surface area contributed by atoms with Crippen LogP contribution in [0.3, 0.4) is 0 Å². The van der Waals surface area contributed by atoms with Gasteiger partial charge in [-0.25, -0.2) is 0 Å². The molecule has 0 radical (unpaired) electrons. The molecule has 0 bridgehead atoms. The van der Waals surface area contributed by atoms with Crippen LogP contribution in [0.4, 0.5) is 0 Å². The van der Waals surface area contributed by atoms with Crippen molar-refractivity contribution < 1.29 is 4.79 Å². The van der Waals surface area contributed by atoms with Gasteiger partial charge in [-0.15, -0.1) is 23.5 Å². The van der Waals surface area contributed by atoms with E-state index in [9.17, 15) is 4.79 Å². The molecule has 74 valence electrons. The largest absolute Gasteiger partial charge is 0.294 e. The summed E-state index contributed by atoms with van der Waals surface area (Å²) in [5, 5.41) is 0. The molecule has 0 N–H and O–H groups in total. The molecule has 1 aliphatic carbocycles. The maximum Gasteiger partial charge on any atom is 0.160 e. The molecule has 0 spiro atoms. The summed E-state index contributed by atoms with van der Waals surface area (Å²) in [5.41, 5.74) is 1.08. The summed E-state index contributed by atoms with van der Waals surface area (Å²) in [6, 6.07) is 0. The van der Waals surface area contributed by atoms with Gasteiger partial charge in [0.15, 0.2) is 5.78 Å². The van der Waals surface area contributed by atoms with E-state index in [-0.39, 0.29) is 0 Å². The van der Waals surface area contributed by atoms with Gasteiger partial charge in [-0.1, -0.05) is 6.92 Å². The van der Waals surface area contributed by atoms with Gasteiger partial charge in [0.25, 0.3) is 0 Å². The van der Waals surface area contributed by atoms with Gasteiger partial charge in [0, 0.05) is 16.2 Å². The molecule has 0 aromatic heterocycles. The first-order chi connectivity index (χ1) is 6.19. The molecular formula is C10H16OS2. The normalized spacial score (nSPS) is 23.5. The summed E-state index contributed by atoms with van der Waals surface area (Å²) in [6.07, 6.45) is 7.00. The predicted octanol–water partition coefficient (Wildman–Crippen LogP) is 3.31. The summed E-state index contributed by atoms with van der Waals surface area (Å²) in [4.78, 5) is 11.7. The van der Waals surface area contributed by atoms with Crippen LogP contribution in [0.2, 0.25) is 0 Å². The van der Waals surface area contributed by atoms with E-state index in [4.69, 9.17) is 0 Å². The van der Waals surface area contributed by atoms with Crippen molar-refractivity contribution in [2.75, 3.05) is 12.5 Å². The predicted molar refractivity (Wildman–Crippen MR) is 62.1 cm³/mol. The average molecular weight is 217 g/mol. The van der Waals surface area contributed by atoms with E-state index in [1.54, 1.807) is 23.5 Å². The summed E-state index contributed by atoms with van der Waals surface area (Å²) in [5.74, 6) is 0.957. The van der Waals surface area contributed by atoms with Crippen molar-refractivity contribution in [2.45, 2.75) is 26.2 Å². The molecule has 1 unspecified atom stereocenters. The lowest BCUT2D eigenvalue weighted by molar-refractivity contribution is -0.117. The fraction of sp³-hybridized carbons (Fsp3) is 0.700. The van der Waals surface area contributed by atoms with Gasteiger partial charge < -0.3 is 0 Å². The Bertz CT molecular complexity index is 227. The lowest BCUT2D eigenvalue weighted by Crippen LogP contribution is -2.16. The second-order valence-electron chi connectivity index (χ2n) is 3.45. The second-order valence-corrected chi connectivity index (χ2v) is 5.34. The number of hydrogen-bond donors (Lipinski definition) is 0. The van der Waals surface area contributed by atoms with Crippen molar-refractivity contribution in [3.8, 4) is 0 Å². The number of Topliss-reactive ketones (excluding diaryl/α,β-unsaturated/α-hetero) is 1. The highest BCUT2D eigenvalue weighted by molar-refractivity contribution is 8.21. The molecule has 0 aromatic carbocycles. The Labute approximate surface area is 88.7 Å². The van der Waals surface area contributed by atoms with Crippen LogP contribution in [0, 0.1) is 5.92 Å². The van der Waals surface area contributed by atoms with Crippen molar-refractivity contribution in [3.63, 3.8) is 0 Å². The monoisotopic (exact) mass is 217 g/mol. The molecule has 0 heterocycles. The molecule has 0 aliphatic heterocycles. The Morgan fingerprint density at radius 2 is 2.00 bits per heavy atom. The topological polar surface area (TPSA) is 17.1 Å². The van der Waals surface area contributed by atoms with Crippen molar-refractivity contribution in [2.24, 2.45) is 5.92 Å². The van der Waals surface area contributed by atoms with Gasteiger partial charge in [0.05, 0.1) is 0 Å². The van der Waals surface area contributed by atoms with Crippen molar-refractivity contribution >= 4 is 29.3 Å². The molecular weight excluding hydrogens is 201 g/mol. The molecule has 13 heavy (non-hydrogen) atoms. The maximum absolute atomic E-state index is 11.7. The number of rotatable bonds is 2. The summed E-state index contributed by atoms with van der Waals surface area (Å²) in [6.45, 7) is 2.16. The van der Waals surface area contributed by atoms with E-state index >= 15 is 0 Å². The van der Waals surface area contributed by atoms with Crippen LogP contribution in [-0.4, -0.2) is 18.3 Å². The minimum absolute atomic E-state index is 0.373. The molecule has 1 nitrogen and oxygen atoms in total. The van der Waals surface area contributed by atoms with Gasteiger partial charge in [0.2, 0.25) is 0 Å². The van der Waals surface area contributed by atoms with Crippen LogP contribution in [0.15, 0.2) is 9.81 Å². The number of carbonyl (C=O) groups excluding carboxylic acids is 1. The van der Waals surface area contributed by atoms with E-state index in [0.29, 0.717) is 11.7 Å². The second kappa shape index (κ2) is 5.11. The van der Waals surface area contributed by atoms with E-state index in [1.807, 2.05) is 12.5 Å². The Balaban J connectivity index is 2.80. The fourth-order valence-electron chi connectivity index (χ4n) is 1.62. The van der Waals surface area contributed by atoms with E-state index in [2.05, 4.69) is 6.92 Å². The minimum atomic E-state index is 0.373. The third-order valence-electron chi connectivity index (χ3n) is 2.37. The maximum atomic E-state index is 11.7. The highest BCUT2D eigenvalue weighted by Gasteiger charge is 2.22. The van der Waals surface area contributed by atoms with Gasteiger partial charge in [-0.3, -0.25) is 4.79 Å². The van der Waals surface area contributed by atoms with E-state index in [0.717, 1.165) is 18.4 Å². The molecule has 1 atom stereocenters. The minimum Gasteiger partial charge on any atom is -0.294 e. The molecule has 0 saturated heterocycles. The molecule has 1 aliphatic rings. The van der Waals surface area contributed by atoms with Crippen molar-refractivity contribution in [3.05, 3.63) is 9.81 Å². The quantitative estimate of drug-likeness (QED) is 0.522. The van der Waals surface area contributed by atoms with Crippen LogP contribution in [0.5, 0.6) is 0 Å². The SMILES string of the molecule is CSC(SC)=C1CCC([13CH3])CC1=O. The third-order valence-corrected chi connectivity index (χ3v) is 4.61. The smallest absolute Gasteiger partial charge is 0.160 e. The molecule has 1 rings (SSSR count). The fourth-order valence-corrected chi connectivity index (χ4v) is 3.21. The van der Waals surface area contributed by atoms with Crippen molar-refractivity contribution in [1.82, 2.24) is 0 Å². The molecule has 1 fully saturated rings. The van der Waals surface area contributed by atoms with Crippen LogP contribution in [-0.2, 0) is 4.79 Å². The Kier molecular flexibility index (Phi) is 4.39. The number of ketones is 1. The van der Waals surface area contributed by atoms with Gasteiger partial charge >= 0.3 is 0 Å². The van der Waals surface area contributed by atoms with Crippen LogP contribution in [0.25, 0.3) is 0 Å². The van der Waals surface area contributed by atoms with Gasteiger partial charge in [0.1, 0.15) is 0 Å². The third kappa shape index (κ3) is 2.78. The first kappa shape index (κ1) is 11.2. The lowest BCUT2D eigenvalue weighted by atomic mass is 9.90. The lowest BCUT2D eigenvalue weighted by Gasteiger charge is -2.20. The summed E-state index contributed by atoms with van der Waals surface area (Å²) < 4.78 is 1.22. The molecule has 0 amide bonds. The summed E-state index contributed by atoms with van der Waals surface area (Å²) in [7, 11) is 0. The zero-order valence-electron chi connectivity index (χ0n) is 8.42.